The molecule has 6 nitrogen and oxygen atoms in total. The maximum absolute atomic E-state index is 12.4. The molecule has 0 spiro atoms. The van der Waals surface area contributed by atoms with E-state index >= 15 is 0 Å². The first-order chi connectivity index (χ1) is 11.2. The van der Waals surface area contributed by atoms with Crippen molar-refractivity contribution in [2.75, 3.05) is 7.11 Å². The number of sulfonamides is 1. The molecule has 3 N–H and O–H groups in total. The summed E-state index contributed by atoms with van der Waals surface area (Å²) in [6, 6.07) is 9.76. The Morgan fingerprint density at radius 1 is 1.17 bits per heavy atom. The second kappa shape index (κ2) is 7.02. The molecule has 0 atom stereocenters. The number of ether oxygens (including phenoxy) is 1. The standard InChI is InChI=1S/C17H20N2O4S/c1-11-8-12(2)16(23-3)15(9-11)17(20)19-10-13-4-6-14(7-5-13)24(18,21)22/h4-9H,10H2,1-3H3,(H,19,20)(H2,18,21,22). The minimum absolute atomic E-state index is 0.0357. The van der Waals surface area contributed by atoms with E-state index in [4.69, 9.17) is 9.88 Å². The molecule has 2 aromatic rings. The van der Waals surface area contributed by atoms with Gasteiger partial charge in [-0.3, -0.25) is 4.79 Å². The first-order valence-corrected chi connectivity index (χ1v) is 8.82. The summed E-state index contributed by atoms with van der Waals surface area (Å²) in [6.07, 6.45) is 0. The predicted molar refractivity (Wildman–Crippen MR) is 91.5 cm³/mol. The first-order valence-electron chi connectivity index (χ1n) is 7.27. The van der Waals surface area contributed by atoms with Crippen LogP contribution in [0.1, 0.15) is 27.0 Å². The van der Waals surface area contributed by atoms with Gasteiger partial charge >= 0.3 is 0 Å². The molecule has 0 saturated carbocycles. The van der Waals surface area contributed by atoms with E-state index in [0.29, 0.717) is 11.3 Å². The van der Waals surface area contributed by atoms with Crippen LogP contribution < -0.4 is 15.2 Å². The number of rotatable bonds is 5. The zero-order valence-electron chi connectivity index (χ0n) is 13.8. The molecule has 0 aromatic heterocycles. The normalized spacial score (nSPS) is 11.2. The van der Waals surface area contributed by atoms with E-state index in [1.165, 1.54) is 19.2 Å². The molecular weight excluding hydrogens is 328 g/mol. The zero-order valence-corrected chi connectivity index (χ0v) is 14.6. The van der Waals surface area contributed by atoms with Crippen molar-refractivity contribution in [2.45, 2.75) is 25.3 Å². The van der Waals surface area contributed by atoms with Crippen molar-refractivity contribution in [2.24, 2.45) is 5.14 Å². The monoisotopic (exact) mass is 348 g/mol. The van der Waals surface area contributed by atoms with Crippen LogP contribution in [0.15, 0.2) is 41.3 Å². The number of hydrogen-bond acceptors (Lipinski definition) is 4. The lowest BCUT2D eigenvalue weighted by Crippen LogP contribution is -2.23. The van der Waals surface area contributed by atoms with Crippen molar-refractivity contribution in [1.29, 1.82) is 0 Å². The number of primary sulfonamides is 1. The minimum Gasteiger partial charge on any atom is -0.496 e. The number of nitrogens with one attached hydrogen (secondary N) is 1. The molecule has 0 aliphatic heterocycles. The van der Waals surface area contributed by atoms with Gasteiger partial charge in [0.2, 0.25) is 10.0 Å². The summed E-state index contributed by atoms with van der Waals surface area (Å²) < 4.78 is 27.8. The summed E-state index contributed by atoms with van der Waals surface area (Å²) in [6.45, 7) is 4.06. The average Bonchev–Trinajstić information content (AvgIpc) is 2.51. The van der Waals surface area contributed by atoms with Crippen LogP contribution in [-0.4, -0.2) is 21.4 Å². The summed E-state index contributed by atoms with van der Waals surface area (Å²) in [5.74, 6) is 0.289. The fourth-order valence-corrected chi connectivity index (χ4v) is 2.98. The number of amides is 1. The number of hydrogen-bond donors (Lipinski definition) is 2. The summed E-state index contributed by atoms with van der Waals surface area (Å²) in [4.78, 5) is 12.5. The topological polar surface area (TPSA) is 98.5 Å². The van der Waals surface area contributed by atoms with Gasteiger partial charge in [0.15, 0.2) is 0 Å². The van der Waals surface area contributed by atoms with E-state index in [2.05, 4.69) is 5.32 Å². The Morgan fingerprint density at radius 3 is 2.33 bits per heavy atom. The maximum Gasteiger partial charge on any atom is 0.255 e. The highest BCUT2D eigenvalue weighted by Gasteiger charge is 2.15. The molecule has 24 heavy (non-hydrogen) atoms. The third kappa shape index (κ3) is 4.12. The van der Waals surface area contributed by atoms with Crippen molar-refractivity contribution in [3.63, 3.8) is 0 Å². The van der Waals surface area contributed by atoms with Gasteiger partial charge in [-0.1, -0.05) is 18.2 Å². The summed E-state index contributed by atoms with van der Waals surface area (Å²) in [5.41, 5.74) is 3.09. The average molecular weight is 348 g/mol. The van der Waals surface area contributed by atoms with Crippen LogP contribution in [0.4, 0.5) is 0 Å². The second-order valence-electron chi connectivity index (χ2n) is 5.53. The molecule has 2 rings (SSSR count). The van der Waals surface area contributed by atoms with Crippen molar-refractivity contribution >= 4 is 15.9 Å². The highest BCUT2D eigenvalue weighted by Crippen LogP contribution is 2.25. The molecule has 1 amide bonds. The van der Waals surface area contributed by atoms with Gasteiger partial charge in [-0.25, -0.2) is 13.6 Å². The quantitative estimate of drug-likeness (QED) is 0.862. The molecule has 0 radical (unpaired) electrons. The Hall–Kier alpha value is -2.38. The van der Waals surface area contributed by atoms with Crippen LogP contribution in [0.3, 0.4) is 0 Å². The van der Waals surface area contributed by atoms with Gasteiger partial charge in [-0.15, -0.1) is 0 Å². The first kappa shape index (κ1) is 18.0. The highest BCUT2D eigenvalue weighted by molar-refractivity contribution is 7.89. The van der Waals surface area contributed by atoms with Crippen LogP contribution in [-0.2, 0) is 16.6 Å². The molecule has 0 heterocycles. The van der Waals surface area contributed by atoms with Crippen LogP contribution in [0.25, 0.3) is 0 Å². The van der Waals surface area contributed by atoms with Crippen molar-refractivity contribution in [3.8, 4) is 5.75 Å². The third-order valence-electron chi connectivity index (χ3n) is 3.57. The Bertz CT molecular complexity index is 859. The van der Waals surface area contributed by atoms with E-state index < -0.39 is 10.0 Å². The van der Waals surface area contributed by atoms with E-state index in [-0.39, 0.29) is 17.3 Å². The van der Waals surface area contributed by atoms with Gasteiger partial charge in [0.25, 0.3) is 5.91 Å². The number of carbonyl (C=O) groups is 1. The van der Waals surface area contributed by atoms with E-state index in [0.717, 1.165) is 16.7 Å². The van der Waals surface area contributed by atoms with E-state index in [1.54, 1.807) is 18.2 Å². The van der Waals surface area contributed by atoms with Crippen LogP contribution >= 0.6 is 0 Å². The predicted octanol–water partition coefficient (Wildman–Crippen LogP) is 1.89. The molecule has 0 unspecified atom stereocenters. The summed E-state index contributed by atoms with van der Waals surface area (Å²) in [5, 5.41) is 7.86. The van der Waals surface area contributed by atoms with Crippen molar-refractivity contribution < 1.29 is 17.9 Å². The Kier molecular flexibility index (Phi) is 5.26. The number of methoxy groups -OCH3 is 1. The van der Waals surface area contributed by atoms with E-state index in [1.807, 2.05) is 19.9 Å². The lowest BCUT2D eigenvalue weighted by atomic mass is 10.0. The molecule has 0 aliphatic carbocycles. The number of benzene rings is 2. The zero-order chi connectivity index (χ0) is 17.9. The second-order valence-corrected chi connectivity index (χ2v) is 7.10. The molecule has 7 heteroatoms. The van der Waals surface area contributed by atoms with Crippen molar-refractivity contribution in [3.05, 3.63) is 58.7 Å². The van der Waals surface area contributed by atoms with Gasteiger partial charge in [-0.05, 0) is 48.7 Å². The molecule has 0 saturated heterocycles. The smallest absolute Gasteiger partial charge is 0.255 e. The number of nitrogens with two attached hydrogens (primary N) is 1. The largest absolute Gasteiger partial charge is 0.496 e. The fourth-order valence-electron chi connectivity index (χ4n) is 2.47. The minimum atomic E-state index is -3.72. The van der Waals surface area contributed by atoms with Gasteiger partial charge in [0.05, 0.1) is 17.6 Å². The summed E-state index contributed by atoms with van der Waals surface area (Å²) in [7, 11) is -2.19. The number of aryl methyl sites for hydroxylation is 2. The van der Waals surface area contributed by atoms with Gasteiger partial charge < -0.3 is 10.1 Å². The van der Waals surface area contributed by atoms with Crippen molar-refractivity contribution in [1.82, 2.24) is 5.32 Å². The molecule has 0 bridgehead atoms. The molecule has 2 aromatic carbocycles. The van der Waals surface area contributed by atoms with Crippen LogP contribution in [0.5, 0.6) is 5.75 Å². The fraction of sp³-hybridized carbons (Fsp3) is 0.235. The summed E-state index contributed by atoms with van der Waals surface area (Å²) >= 11 is 0. The lowest BCUT2D eigenvalue weighted by molar-refractivity contribution is 0.0947. The van der Waals surface area contributed by atoms with Gasteiger partial charge in [0, 0.05) is 6.54 Å². The SMILES string of the molecule is COc1c(C)cc(C)cc1C(=O)NCc1ccc(S(N)(=O)=O)cc1. The van der Waals surface area contributed by atoms with Gasteiger partial charge in [0.1, 0.15) is 5.75 Å². The lowest BCUT2D eigenvalue weighted by Gasteiger charge is -2.13. The molecule has 0 fully saturated rings. The third-order valence-corrected chi connectivity index (χ3v) is 4.50. The highest BCUT2D eigenvalue weighted by atomic mass is 32.2. The Labute approximate surface area is 141 Å². The van der Waals surface area contributed by atoms with Crippen LogP contribution in [0, 0.1) is 13.8 Å². The maximum atomic E-state index is 12.4. The van der Waals surface area contributed by atoms with Crippen LogP contribution in [0.2, 0.25) is 0 Å². The molecule has 128 valence electrons. The molecule has 0 aliphatic rings. The number of carbonyl (C=O) groups excluding carboxylic acids is 1. The van der Waals surface area contributed by atoms with Gasteiger partial charge in [-0.2, -0.15) is 0 Å². The Balaban J connectivity index is 2.14. The van der Waals surface area contributed by atoms with E-state index in [9.17, 15) is 13.2 Å². The Morgan fingerprint density at radius 2 is 1.79 bits per heavy atom. The molecular formula is C17H20N2O4S.